The maximum Gasteiger partial charge on any atom is 0.278 e. The van der Waals surface area contributed by atoms with Gasteiger partial charge in [-0.3, -0.25) is 10.1 Å². The van der Waals surface area contributed by atoms with E-state index in [1.807, 2.05) is 6.07 Å². The second-order valence-corrected chi connectivity index (χ2v) is 5.33. The predicted molar refractivity (Wildman–Crippen MR) is 93.0 cm³/mol. The standard InChI is InChI=1S/C19H12FN3O3/c1-26-19-16(11-21)15(12-6-8-13(20)9-7-12)10-17(22-19)14-4-2-3-5-18(14)23(24)25/h2-10H,1H3. The fraction of sp³-hybridized carbons (Fsp3) is 0.0526. The number of nitriles is 1. The van der Waals surface area contributed by atoms with Gasteiger partial charge in [-0.05, 0) is 29.8 Å². The molecule has 0 radical (unpaired) electrons. The molecule has 2 aromatic carbocycles. The van der Waals surface area contributed by atoms with Crippen LogP contribution in [0.2, 0.25) is 0 Å². The Balaban J connectivity index is 2.30. The second-order valence-electron chi connectivity index (χ2n) is 5.33. The molecule has 0 amide bonds. The molecule has 26 heavy (non-hydrogen) atoms. The number of hydrogen-bond acceptors (Lipinski definition) is 5. The van der Waals surface area contributed by atoms with Crippen LogP contribution in [0, 0.1) is 27.3 Å². The minimum Gasteiger partial charge on any atom is -0.480 e. The van der Waals surface area contributed by atoms with E-state index in [0.717, 1.165) is 0 Å². The van der Waals surface area contributed by atoms with Gasteiger partial charge in [-0.1, -0.05) is 24.3 Å². The summed E-state index contributed by atoms with van der Waals surface area (Å²) < 4.78 is 18.4. The molecule has 0 saturated carbocycles. The first-order valence-corrected chi connectivity index (χ1v) is 7.54. The van der Waals surface area contributed by atoms with Gasteiger partial charge in [-0.15, -0.1) is 0 Å². The number of rotatable bonds is 4. The first kappa shape index (κ1) is 17.0. The van der Waals surface area contributed by atoms with E-state index in [1.54, 1.807) is 24.3 Å². The number of hydrogen-bond donors (Lipinski definition) is 0. The summed E-state index contributed by atoms with van der Waals surface area (Å²) >= 11 is 0. The number of nitro groups is 1. The van der Waals surface area contributed by atoms with Crippen molar-refractivity contribution in [2.24, 2.45) is 0 Å². The Hall–Kier alpha value is -3.79. The first-order chi connectivity index (χ1) is 12.5. The molecule has 6 nitrogen and oxygen atoms in total. The van der Waals surface area contributed by atoms with Crippen LogP contribution in [0.3, 0.4) is 0 Å². The molecular weight excluding hydrogens is 337 g/mol. The van der Waals surface area contributed by atoms with Gasteiger partial charge in [-0.2, -0.15) is 5.26 Å². The molecule has 0 saturated heterocycles. The molecule has 0 aliphatic carbocycles. The van der Waals surface area contributed by atoms with Crippen molar-refractivity contribution in [1.29, 1.82) is 5.26 Å². The maximum absolute atomic E-state index is 13.2. The number of para-hydroxylation sites is 1. The van der Waals surface area contributed by atoms with Gasteiger partial charge in [-0.25, -0.2) is 9.37 Å². The van der Waals surface area contributed by atoms with Crippen molar-refractivity contribution < 1.29 is 14.1 Å². The number of halogens is 1. The molecule has 0 fully saturated rings. The fourth-order valence-electron chi connectivity index (χ4n) is 2.62. The first-order valence-electron chi connectivity index (χ1n) is 7.54. The van der Waals surface area contributed by atoms with Gasteiger partial charge in [0.2, 0.25) is 5.88 Å². The van der Waals surface area contributed by atoms with E-state index in [2.05, 4.69) is 4.98 Å². The van der Waals surface area contributed by atoms with Crippen LogP contribution in [0.4, 0.5) is 10.1 Å². The molecule has 1 aromatic heterocycles. The number of methoxy groups -OCH3 is 1. The normalized spacial score (nSPS) is 10.2. The average Bonchev–Trinajstić information content (AvgIpc) is 2.67. The smallest absolute Gasteiger partial charge is 0.278 e. The number of nitrogens with zero attached hydrogens (tertiary/aromatic N) is 3. The molecule has 0 bridgehead atoms. The molecule has 3 aromatic rings. The highest BCUT2D eigenvalue weighted by Gasteiger charge is 2.20. The third kappa shape index (κ3) is 3.08. The Labute approximate surface area is 148 Å². The minimum absolute atomic E-state index is 0.0440. The van der Waals surface area contributed by atoms with E-state index < -0.39 is 10.7 Å². The van der Waals surface area contributed by atoms with E-state index in [-0.39, 0.29) is 22.8 Å². The molecule has 0 atom stereocenters. The quantitative estimate of drug-likeness (QED) is 0.516. The third-order valence-corrected chi connectivity index (χ3v) is 3.82. The van der Waals surface area contributed by atoms with Crippen LogP contribution in [0.25, 0.3) is 22.4 Å². The Bertz CT molecular complexity index is 1030. The summed E-state index contributed by atoms with van der Waals surface area (Å²) in [5.74, 6) is -0.366. The zero-order chi connectivity index (χ0) is 18.7. The summed E-state index contributed by atoms with van der Waals surface area (Å²) in [7, 11) is 1.36. The Morgan fingerprint density at radius 3 is 2.46 bits per heavy atom. The molecule has 0 spiro atoms. The van der Waals surface area contributed by atoms with E-state index in [4.69, 9.17) is 4.74 Å². The highest BCUT2D eigenvalue weighted by atomic mass is 19.1. The monoisotopic (exact) mass is 349 g/mol. The number of benzene rings is 2. The SMILES string of the molecule is COc1nc(-c2ccccc2[N+](=O)[O-])cc(-c2ccc(F)cc2)c1C#N. The summed E-state index contributed by atoms with van der Waals surface area (Å²) in [6.45, 7) is 0. The second kappa shape index (κ2) is 6.99. The van der Waals surface area contributed by atoms with Crippen molar-refractivity contribution in [1.82, 2.24) is 4.98 Å². The number of aromatic nitrogens is 1. The fourth-order valence-corrected chi connectivity index (χ4v) is 2.62. The molecule has 0 aliphatic rings. The van der Waals surface area contributed by atoms with Crippen molar-refractivity contribution in [2.75, 3.05) is 7.11 Å². The molecule has 3 rings (SSSR count). The van der Waals surface area contributed by atoms with Gasteiger partial charge in [0.05, 0.1) is 23.3 Å². The van der Waals surface area contributed by atoms with Crippen molar-refractivity contribution in [3.8, 4) is 34.3 Å². The van der Waals surface area contributed by atoms with Crippen LogP contribution in [-0.2, 0) is 0 Å². The number of ether oxygens (including phenoxy) is 1. The van der Waals surface area contributed by atoms with Crippen LogP contribution in [0.1, 0.15) is 5.56 Å². The summed E-state index contributed by atoms with van der Waals surface area (Å²) in [4.78, 5) is 15.1. The Kier molecular flexibility index (Phi) is 4.58. The lowest BCUT2D eigenvalue weighted by molar-refractivity contribution is -0.384. The average molecular weight is 349 g/mol. The Morgan fingerprint density at radius 1 is 1.15 bits per heavy atom. The highest BCUT2D eigenvalue weighted by Crippen LogP contribution is 2.36. The zero-order valence-corrected chi connectivity index (χ0v) is 13.6. The predicted octanol–water partition coefficient (Wildman–Crippen LogP) is 4.34. The van der Waals surface area contributed by atoms with E-state index in [0.29, 0.717) is 16.7 Å². The molecule has 7 heteroatoms. The molecule has 1 heterocycles. The van der Waals surface area contributed by atoms with Gasteiger partial charge >= 0.3 is 0 Å². The molecule has 0 aliphatic heterocycles. The molecular formula is C19H12FN3O3. The minimum atomic E-state index is -0.501. The van der Waals surface area contributed by atoms with E-state index >= 15 is 0 Å². The van der Waals surface area contributed by atoms with Crippen LogP contribution in [-0.4, -0.2) is 17.0 Å². The largest absolute Gasteiger partial charge is 0.480 e. The topological polar surface area (TPSA) is 89.1 Å². The van der Waals surface area contributed by atoms with E-state index in [1.165, 1.54) is 37.4 Å². The third-order valence-electron chi connectivity index (χ3n) is 3.82. The molecule has 0 N–H and O–H groups in total. The van der Waals surface area contributed by atoms with Crippen LogP contribution < -0.4 is 4.74 Å². The summed E-state index contributed by atoms with van der Waals surface area (Å²) in [6, 6.07) is 15.3. The summed E-state index contributed by atoms with van der Waals surface area (Å²) in [6.07, 6.45) is 0. The van der Waals surface area contributed by atoms with Gasteiger partial charge in [0.1, 0.15) is 17.4 Å². The lowest BCUT2D eigenvalue weighted by Crippen LogP contribution is -1.99. The van der Waals surface area contributed by atoms with Gasteiger partial charge in [0.15, 0.2) is 0 Å². The molecule has 128 valence electrons. The Morgan fingerprint density at radius 2 is 1.85 bits per heavy atom. The lowest BCUT2D eigenvalue weighted by atomic mass is 9.98. The maximum atomic E-state index is 13.2. The number of pyridine rings is 1. The van der Waals surface area contributed by atoms with Crippen LogP contribution >= 0.6 is 0 Å². The van der Waals surface area contributed by atoms with Gasteiger partial charge < -0.3 is 4.74 Å². The summed E-state index contributed by atoms with van der Waals surface area (Å²) in [5.41, 5.74) is 1.66. The van der Waals surface area contributed by atoms with Crippen molar-refractivity contribution >= 4 is 5.69 Å². The van der Waals surface area contributed by atoms with Crippen molar-refractivity contribution in [3.63, 3.8) is 0 Å². The van der Waals surface area contributed by atoms with Gasteiger partial charge in [0, 0.05) is 11.6 Å². The highest BCUT2D eigenvalue weighted by molar-refractivity contribution is 5.80. The molecule has 0 unspecified atom stereocenters. The summed E-state index contributed by atoms with van der Waals surface area (Å²) in [5, 5.41) is 20.8. The lowest BCUT2D eigenvalue weighted by Gasteiger charge is -2.12. The zero-order valence-electron chi connectivity index (χ0n) is 13.6. The van der Waals surface area contributed by atoms with Gasteiger partial charge in [0.25, 0.3) is 5.69 Å². The van der Waals surface area contributed by atoms with Crippen LogP contribution in [0.15, 0.2) is 54.6 Å². The van der Waals surface area contributed by atoms with E-state index in [9.17, 15) is 19.8 Å². The van der Waals surface area contributed by atoms with Crippen LogP contribution in [0.5, 0.6) is 5.88 Å². The van der Waals surface area contributed by atoms with Crippen molar-refractivity contribution in [3.05, 3.63) is 76.1 Å². The number of nitro benzene ring substituents is 1. The van der Waals surface area contributed by atoms with Crippen molar-refractivity contribution in [2.45, 2.75) is 0 Å².